The predicted octanol–water partition coefficient (Wildman–Crippen LogP) is 2.90. The molecule has 0 spiro atoms. The lowest BCUT2D eigenvalue weighted by Gasteiger charge is -2.12. The van der Waals surface area contributed by atoms with Gasteiger partial charge in [-0.2, -0.15) is 5.26 Å². The highest BCUT2D eigenvalue weighted by atomic mass is 35.5. The average molecular weight is 322 g/mol. The summed E-state index contributed by atoms with van der Waals surface area (Å²) in [5, 5.41) is 9.07. The number of nitriles is 1. The van der Waals surface area contributed by atoms with Crippen molar-refractivity contribution < 1.29 is 8.42 Å². The molecule has 0 saturated carbocycles. The molecule has 2 aromatic carbocycles. The summed E-state index contributed by atoms with van der Waals surface area (Å²) >= 11 is 5.96. The fourth-order valence-corrected chi connectivity index (χ4v) is 3.36. The third-order valence-electron chi connectivity index (χ3n) is 2.96. The minimum Gasteiger partial charge on any atom is -0.398 e. The summed E-state index contributed by atoms with van der Waals surface area (Å²) in [7, 11) is -3.84. The number of benzene rings is 2. The Morgan fingerprint density at radius 3 is 2.67 bits per heavy atom. The Balaban J connectivity index is 2.48. The van der Waals surface area contributed by atoms with Crippen LogP contribution in [0.5, 0.6) is 0 Å². The van der Waals surface area contributed by atoms with E-state index in [4.69, 9.17) is 22.6 Å². The molecule has 0 amide bonds. The van der Waals surface area contributed by atoms with Gasteiger partial charge in [0.05, 0.1) is 27.2 Å². The number of rotatable bonds is 3. The third-order valence-corrected chi connectivity index (χ3v) is 4.79. The van der Waals surface area contributed by atoms with Crippen LogP contribution in [-0.4, -0.2) is 8.42 Å². The molecule has 0 aliphatic rings. The lowest BCUT2D eigenvalue weighted by molar-refractivity contribution is 0.600. The van der Waals surface area contributed by atoms with Crippen LogP contribution in [0.15, 0.2) is 41.3 Å². The van der Waals surface area contributed by atoms with Crippen LogP contribution < -0.4 is 10.5 Å². The second-order valence-corrected chi connectivity index (χ2v) is 6.44. The molecular formula is C14H12ClN3O2S. The second-order valence-electron chi connectivity index (χ2n) is 4.38. The first-order chi connectivity index (χ1) is 9.85. The van der Waals surface area contributed by atoms with Gasteiger partial charge in [0.2, 0.25) is 0 Å². The number of sulfonamides is 1. The van der Waals surface area contributed by atoms with Crippen LogP contribution in [0.4, 0.5) is 11.4 Å². The SMILES string of the molecule is Cc1c(N)cccc1S(=O)(=O)Nc1cc(C#N)ccc1Cl. The van der Waals surface area contributed by atoms with Gasteiger partial charge >= 0.3 is 0 Å². The first kappa shape index (κ1) is 15.2. The largest absolute Gasteiger partial charge is 0.398 e. The number of hydrogen-bond acceptors (Lipinski definition) is 4. The van der Waals surface area contributed by atoms with Crippen LogP contribution in [0, 0.1) is 18.3 Å². The maximum Gasteiger partial charge on any atom is 0.262 e. The van der Waals surface area contributed by atoms with Gasteiger partial charge in [0.1, 0.15) is 0 Å². The molecule has 21 heavy (non-hydrogen) atoms. The molecule has 0 saturated heterocycles. The van der Waals surface area contributed by atoms with Gasteiger partial charge in [0, 0.05) is 5.69 Å². The summed E-state index contributed by atoms with van der Waals surface area (Å²) in [5.41, 5.74) is 7.02. The van der Waals surface area contributed by atoms with Crippen molar-refractivity contribution in [3.8, 4) is 6.07 Å². The van der Waals surface area contributed by atoms with E-state index in [0.29, 0.717) is 16.8 Å². The van der Waals surface area contributed by atoms with Gasteiger partial charge in [0.15, 0.2) is 0 Å². The van der Waals surface area contributed by atoms with E-state index < -0.39 is 10.0 Å². The number of nitrogens with zero attached hydrogens (tertiary/aromatic N) is 1. The molecule has 0 aliphatic carbocycles. The summed E-state index contributed by atoms with van der Waals surface area (Å²) < 4.78 is 27.2. The van der Waals surface area contributed by atoms with Crippen molar-refractivity contribution in [2.75, 3.05) is 10.5 Å². The Labute approximate surface area is 128 Å². The summed E-state index contributed by atoms with van der Waals surface area (Å²) in [6, 6.07) is 10.9. The van der Waals surface area contributed by atoms with E-state index >= 15 is 0 Å². The van der Waals surface area contributed by atoms with E-state index in [2.05, 4.69) is 4.72 Å². The Bertz CT molecular complexity index is 842. The smallest absolute Gasteiger partial charge is 0.262 e. The monoisotopic (exact) mass is 321 g/mol. The highest BCUT2D eigenvalue weighted by Gasteiger charge is 2.19. The highest BCUT2D eigenvalue weighted by molar-refractivity contribution is 7.92. The van der Waals surface area contributed by atoms with E-state index in [9.17, 15) is 8.42 Å². The van der Waals surface area contributed by atoms with E-state index in [-0.39, 0.29) is 15.6 Å². The summed E-state index contributed by atoms with van der Waals surface area (Å²) in [6.07, 6.45) is 0. The van der Waals surface area contributed by atoms with Crippen LogP contribution >= 0.6 is 11.6 Å². The van der Waals surface area contributed by atoms with Crippen molar-refractivity contribution in [3.05, 3.63) is 52.5 Å². The third kappa shape index (κ3) is 3.10. The van der Waals surface area contributed by atoms with Crippen molar-refractivity contribution in [1.29, 1.82) is 5.26 Å². The van der Waals surface area contributed by atoms with Crippen LogP contribution in [0.2, 0.25) is 5.02 Å². The standard InChI is InChI=1S/C14H12ClN3O2S/c1-9-12(17)3-2-4-14(9)21(19,20)18-13-7-10(8-16)5-6-11(13)15/h2-7,18H,17H2,1H3. The van der Waals surface area contributed by atoms with Crippen LogP contribution in [0.3, 0.4) is 0 Å². The summed E-state index contributed by atoms with van der Waals surface area (Å²) in [5.74, 6) is 0. The molecule has 0 aromatic heterocycles. The first-order valence-electron chi connectivity index (χ1n) is 5.92. The van der Waals surface area contributed by atoms with Crippen LogP contribution in [0.1, 0.15) is 11.1 Å². The zero-order chi connectivity index (χ0) is 15.6. The molecule has 0 radical (unpaired) electrons. The number of nitrogen functional groups attached to an aromatic ring is 1. The summed E-state index contributed by atoms with van der Waals surface area (Å²) in [6.45, 7) is 1.62. The van der Waals surface area contributed by atoms with Crippen LogP contribution in [-0.2, 0) is 10.0 Å². The molecule has 7 heteroatoms. The van der Waals surface area contributed by atoms with Crippen molar-refractivity contribution in [3.63, 3.8) is 0 Å². The summed E-state index contributed by atoms with van der Waals surface area (Å²) in [4.78, 5) is 0.0703. The topological polar surface area (TPSA) is 96.0 Å². The molecule has 3 N–H and O–H groups in total. The molecule has 2 rings (SSSR count). The van der Waals surface area contributed by atoms with E-state index in [0.717, 1.165) is 0 Å². The maximum atomic E-state index is 12.4. The van der Waals surface area contributed by atoms with Gasteiger partial charge in [-0.05, 0) is 42.8 Å². The lowest BCUT2D eigenvalue weighted by Crippen LogP contribution is -2.15. The lowest BCUT2D eigenvalue weighted by atomic mass is 10.2. The van der Waals surface area contributed by atoms with E-state index in [1.54, 1.807) is 19.1 Å². The molecule has 0 bridgehead atoms. The maximum absolute atomic E-state index is 12.4. The Kier molecular flexibility index (Phi) is 4.07. The number of nitrogens with one attached hydrogen (secondary N) is 1. The van der Waals surface area contributed by atoms with E-state index in [1.807, 2.05) is 6.07 Å². The van der Waals surface area contributed by atoms with Crippen molar-refractivity contribution in [2.24, 2.45) is 0 Å². The fraction of sp³-hybridized carbons (Fsp3) is 0.0714. The minimum atomic E-state index is -3.84. The molecule has 0 fully saturated rings. The predicted molar refractivity (Wildman–Crippen MR) is 82.6 cm³/mol. The van der Waals surface area contributed by atoms with Crippen molar-refractivity contribution >= 4 is 33.0 Å². The second kappa shape index (κ2) is 5.64. The molecule has 0 heterocycles. The molecule has 5 nitrogen and oxygen atoms in total. The minimum absolute atomic E-state index is 0.0703. The van der Waals surface area contributed by atoms with Gasteiger partial charge in [-0.25, -0.2) is 8.42 Å². The molecule has 0 aliphatic heterocycles. The Morgan fingerprint density at radius 2 is 2.00 bits per heavy atom. The highest BCUT2D eigenvalue weighted by Crippen LogP contribution is 2.27. The van der Waals surface area contributed by atoms with Crippen molar-refractivity contribution in [1.82, 2.24) is 0 Å². The molecular weight excluding hydrogens is 310 g/mol. The van der Waals surface area contributed by atoms with Gasteiger partial charge < -0.3 is 5.73 Å². The molecule has 0 atom stereocenters. The van der Waals surface area contributed by atoms with Gasteiger partial charge in [-0.1, -0.05) is 17.7 Å². The Hall–Kier alpha value is -2.23. The molecule has 0 unspecified atom stereocenters. The first-order valence-corrected chi connectivity index (χ1v) is 7.79. The van der Waals surface area contributed by atoms with E-state index in [1.165, 1.54) is 24.3 Å². The van der Waals surface area contributed by atoms with Crippen molar-refractivity contribution in [2.45, 2.75) is 11.8 Å². The zero-order valence-electron chi connectivity index (χ0n) is 11.1. The average Bonchev–Trinajstić information content (AvgIpc) is 2.44. The number of anilines is 2. The Morgan fingerprint density at radius 1 is 1.29 bits per heavy atom. The normalized spacial score (nSPS) is 10.9. The van der Waals surface area contributed by atoms with Gasteiger partial charge in [0.25, 0.3) is 10.0 Å². The molecule has 108 valence electrons. The number of nitrogens with two attached hydrogens (primary N) is 1. The fourth-order valence-electron chi connectivity index (χ4n) is 1.80. The van der Waals surface area contributed by atoms with Crippen LogP contribution in [0.25, 0.3) is 0 Å². The van der Waals surface area contributed by atoms with Gasteiger partial charge in [-0.3, -0.25) is 4.72 Å². The van der Waals surface area contributed by atoms with Gasteiger partial charge in [-0.15, -0.1) is 0 Å². The number of hydrogen-bond donors (Lipinski definition) is 2. The number of halogens is 1. The quantitative estimate of drug-likeness (QED) is 0.849. The zero-order valence-corrected chi connectivity index (χ0v) is 12.7. The molecule has 2 aromatic rings.